The Bertz CT molecular complexity index is 1270. The van der Waals surface area contributed by atoms with Gasteiger partial charge in [0.1, 0.15) is 34.9 Å². The fraction of sp³-hybridized carbons (Fsp3) is 0.478. The summed E-state index contributed by atoms with van der Waals surface area (Å²) in [5.41, 5.74) is 0.476. The summed E-state index contributed by atoms with van der Waals surface area (Å²) in [5, 5.41) is 8.14. The monoisotopic (exact) mass is 537 g/mol. The SMILES string of the molecule is COc1cccc(OC)c1-n1c(CS(=O)(=O)[C@@H](C)[C@H](C)c2ncc(Cl)cn2)nnc1[C@H]1COCCO1. The zero-order valence-corrected chi connectivity index (χ0v) is 22.0. The molecule has 3 atom stereocenters. The van der Waals surface area contributed by atoms with E-state index in [-0.39, 0.29) is 12.4 Å². The van der Waals surface area contributed by atoms with Gasteiger partial charge >= 0.3 is 0 Å². The van der Waals surface area contributed by atoms with Crippen LogP contribution in [-0.4, -0.2) is 72.4 Å². The lowest BCUT2D eigenvalue weighted by Gasteiger charge is -2.25. The second-order valence-electron chi connectivity index (χ2n) is 8.32. The van der Waals surface area contributed by atoms with Crippen molar-refractivity contribution >= 4 is 21.4 Å². The maximum atomic E-state index is 13.6. The van der Waals surface area contributed by atoms with E-state index in [0.717, 1.165) is 0 Å². The highest BCUT2D eigenvalue weighted by atomic mass is 35.5. The smallest absolute Gasteiger partial charge is 0.169 e. The van der Waals surface area contributed by atoms with Gasteiger partial charge in [0.2, 0.25) is 0 Å². The third-order valence-corrected chi connectivity index (χ3v) is 8.53. The Morgan fingerprint density at radius 3 is 2.36 bits per heavy atom. The maximum Gasteiger partial charge on any atom is 0.169 e. The molecule has 1 aliphatic rings. The zero-order valence-electron chi connectivity index (χ0n) is 20.4. The number of ether oxygens (including phenoxy) is 4. The van der Waals surface area contributed by atoms with Crippen LogP contribution in [0.5, 0.6) is 11.5 Å². The predicted molar refractivity (Wildman–Crippen MR) is 132 cm³/mol. The second kappa shape index (κ2) is 11.1. The molecule has 0 bridgehead atoms. The number of methoxy groups -OCH3 is 2. The first-order valence-electron chi connectivity index (χ1n) is 11.3. The topological polar surface area (TPSA) is 128 Å². The summed E-state index contributed by atoms with van der Waals surface area (Å²) in [4.78, 5) is 8.38. The summed E-state index contributed by atoms with van der Waals surface area (Å²) in [6.45, 7) is 4.49. The van der Waals surface area contributed by atoms with Gasteiger partial charge in [0.05, 0.1) is 44.3 Å². The Morgan fingerprint density at radius 1 is 1.11 bits per heavy atom. The Balaban J connectivity index is 1.77. The minimum absolute atomic E-state index is 0.193. The number of aromatic nitrogens is 5. The average molecular weight is 538 g/mol. The molecule has 2 aromatic heterocycles. The average Bonchev–Trinajstić information content (AvgIpc) is 3.30. The van der Waals surface area contributed by atoms with Crippen molar-refractivity contribution in [2.75, 3.05) is 34.0 Å². The van der Waals surface area contributed by atoms with Gasteiger partial charge < -0.3 is 18.9 Å². The summed E-state index contributed by atoms with van der Waals surface area (Å²) in [6, 6.07) is 5.28. The Labute approximate surface area is 214 Å². The third-order valence-electron chi connectivity index (χ3n) is 6.13. The fourth-order valence-electron chi connectivity index (χ4n) is 3.95. The van der Waals surface area contributed by atoms with Gasteiger partial charge in [-0.25, -0.2) is 18.4 Å². The van der Waals surface area contributed by atoms with Gasteiger partial charge in [-0.05, 0) is 19.1 Å². The van der Waals surface area contributed by atoms with Crippen LogP contribution in [0, 0.1) is 0 Å². The molecular formula is C23H28ClN5O6S. The normalized spacial score (nSPS) is 18.0. The summed E-state index contributed by atoms with van der Waals surface area (Å²) in [5.74, 6) is 1.01. The summed E-state index contributed by atoms with van der Waals surface area (Å²) >= 11 is 5.88. The lowest BCUT2D eigenvalue weighted by molar-refractivity contribution is -0.0942. The maximum absolute atomic E-state index is 13.6. The molecule has 1 saturated heterocycles. The molecule has 4 rings (SSSR count). The standard InChI is InChI=1S/C23H28ClN5O6S/c1-14(22-25-10-16(24)11-26-22)15(2)36(30,31)13-20-27-28-23(19-12-34-8-9-35-19)29(20)21-17(32-3)6-5-7-18(21)33-4/h5-7,10-11,14-15,19H,8-9,12-13H2,1-4H3/t14-,15-,19+/m0/s1. The van der Waals surface area contributed by atoms with Crippen LogP contribution in [0.1, 0.15) is 43.3 Å². The molecule has 0 radical (unpaired) electrons. The van der Waals surface area contributed by atoms with E-state index in [0.29, 0.717) is 47.1 Å². The van der Waals surface area contributed by atoms with Crippen molar-refractivity contribution in [1.29, 1.82) is 0 Å². The van der Waals surface area contributed by atoms with Gasteiger partial charge in [-0.2, -0.15) is 0 Å². The summed E-state index contributed by atoms with van der Waals surface area (Å²) in [7, 11) is -0.703. The summed E-state index contributed by atoms with van der Waals surface area (Å²) < 4.78 is 51.4. The minimum atomic E-state index is -3.75. The van der Waals surface area contributed by atoms with E-state index in [1.807, 2.05) is 0 Å². The van der Waals surface area contributed by atoms with Gasteiger partial charge in [-0.1, -0.05) is 24.6 Å². The number of hydrogen-bond acceptors (Lipinski definition) is 10. The Hall–Kier alpha value is -2.80. The number of hydrogen-bond donors (Lipinski definition) is 0. The lowest BCUT2D eigenvalue weighted by Crippen LogP contribution is -2.28. The van der Waals surface area contributed by atoms with E-state index in [4.69, 9.17) is 30.5 Å². The van der Waals surface area contributed by atoms with Crippen molar-refractivity contribution in [3.8, 4) is 17.2 Å². The van der Waals surface area contributed by atoms with Crippen LogP contribution in [0.25, 0.3) is 5.69 Å². The molecule has 0 amide bonds. The molecule has 0 saturated carbocycles. The number of halogens is 1. The molecule has 11 nitrogen and oxygen atoms in total. The number of para-hydroxylation sites is 1. The summed E-state index contributed by atoms with van der Waals surface area (Å²) in [6.07, 6.45) is 2.35. The molecule has 13 heteroatoms. The number of nitrogens with zero attached hydrogens (tertiary/aromatic N) is 5. The molecule has 1 fully saturated rings. The van der Waals surface area contributed by atoms with E-state index in [1.54, 1.807) is 36.6 Å². The number of rotatable bonds is 9. The molecule has 3 heterocycles. The highest BCUT2D eigenvalue weighted by Gasteiger charge is 2.34. The highest BCUT2D eigenvalue weighted by molar-refractivity contribution is 7.91. The first-order chi connectivity index (χ1) is 17.3. The lowest BCUT2D eigenvalue weighted by atomic mass is 10.1. The van der Waals surface area contributed by atoms with E-state index in [1.165, 1.54) is 26.6 Å². The third kappa shape index (κ3) is 5.31. The van der Waals surface area contributed by atoms with Crippen LogP contribution in [0.15, 0.2) is 30.6 Å². The first-order valence-corrected chi connectivity index (χ1v) is 13.4. The largest absolute Gasteiger partial charge is 0.494 e. The van der Waals surface area contributed by atoms with E-state index in [2.05, 4.69) is 20.2 Å². The van der Waals surface area contributed by atoms with Gasteiger partial charge in [0.25, 0.3) is 0 Å². The van der Waals surface area contributed by atoms with Crippen LogP contribution in [0.2, 0.25) is 5.02 Å². The van der Waals surface area contributed by atoms with Crippen LogP contribution >= 0.6 is 11.6 Å². The molecule has 1 aromatic carbocycles. The number of sulfone groups is 1. The van der Waals surface area contributed by atoms with Gasteiger partial charge in [0.15, 0.2) is 21.5 Å². The zero-order chi connectivity index (χ0) is 25.9. The van der Waals surface area contributed by atoms with Crippen molar-refractivity contribution in [2.24, 2.45) is 0 Å². The Morgan fingerprint density at radius 2 is 1.78 bits per heavy atom. The molecule has 0 unspecified atom stereocenters. The van der Waals surface area contributed by atoms with E-state index < -0.39 is 32.9 Å². The van der Waals surface area contributed by atoms with Crippen LogP contribution < -0.4 is 9.47 Å². The minimum Gasteiger partial charge on any atom is -0.494 e. The predicted octanol–water partition coefficient (Wildman–Crippen LogP) is 2.92. The van der Waals surface area contributed by atoms with Crippen LogP contribution in [-0.2, 0) is 25.1 Å². The molecule has 3 aromatic rings. The van der Waals surface area contributed by atoms with E-state index in [9.17, 15) is 8.42 Å². The van der Waals surface area contributed by atoms with Crippen LogP contribution in [0.4, 0.5) is 0 Å². The van der Waals surface area contributed by atoms with Crippen molar-refractivity contribution in [3.05, 3.63) is 53.1 Å². The quantitative estimate of drug-likeness (QED) is 0.402. The molecule has 0 N–H and O–H groups in total. The molecule has 36 heavy (non-hydrogen) atoms. The molecule has 1 aliphatic heterocycles. The van der Waals surface area contributed by atoms with Crippen LogP contribution in [0.3, 0.4) is 0 Å². The number of benzene rings is 1. The van der Waals surface area contributed by atoms with Crippen molar-refractivity contribution in [1.82, 2.24) is 24.7 Å². The van der Waals surface area contributed by atoms with Gasteiger partial charge in [-0.3, -0.25) is 4.57 Å². The molecule has 0 aliphatic carbocycles. The van der Waals surface area contributed by atoms with Crippen molar-refractivity contribution < 1.29 is 27.4 Å². The highest BCUT2D eigenvalue weighted by Crippen LogP contribution is 2.37. The molecular weight excluding hydrogens is 510 g/mol. The fourth-order valence-corrected chi connectivity index (χ4v) is 5.61. The van der Waals surface area contributed by atoms with E-state index >= 15 is 0 Å². The first kappa shape index (κ1) is 26.3. The second-order valence-corrected chi connectivity index (χ2v) is 11.1. The molecule has 194 valence electrons. The molecule has 0 spiro atoms. The Kier molecular flexibility index (Phi) is 8.08. The van der Waals surface area contributed by atoms with Gasteiger partial charge in [-0.15, -0.1) is 10.2 Å². The van der Waals surface area contributed by atoms with Crippen molar-refractivity contribution in [2.45, 2.75) is 36.9 Å². The van der Waals surface area contributed by atoms with Gasteiger partial charge in [0, 0.05) is 18.3 Å². The van der Waals surface area contributed by atoms with Crippen molar-refractivity contribution in [3.63, 3.8) is 0 Å².